The topological polar surface area (TPSA) is 75.7 Å². The van der Waals surface area contributed by atoms with E-state index in [0.717, 1.165) is 12.2 Å². The molecule has 1 aromatic rings. The SMILES string of the molecule is O=C(NC1CCS(=O)(=O)C1)N1CCC(Oc2ccc(Cl)cc2)C1. The first-order chi connectivity index (χ1) is 10.9. The van der Waals surface area contributed by atoms with Crippen molar-refractivity contribution in [1.82, 2.24) is 10.2 Å². The summed E-state index contributed by atoms with van der Waals surface area (Å²) in [7, 11) is -2.99. The second-order valence-corrected chi connectivity index (χ2v) is 8.64. The van der Waals surface area contributed by atoms with Gasteiger partial charge in [0.25, 0.3) is 0 Å². The monoisotopic (exact) mass is 358 g/mol. The first-order valence-corrected chi connectivity index (χ1v) is 9.79. The molecule has 2 atom stereocenters. The average Bonchev–Trinajstić information content (AvgIpc) is 3.08. The standard InChI is InChI=1S/C15H19ClN2O4S/c16-11-1-3-13(4-2-11)22-14-5-7-18(9-14)15(19)17-12-6-8-23(20,21)10-12/h1-4,12,14H,5-10H2,(H,17,19). The predicted molar refractivity (Wildman–Crippen MR) is 87.6 cm³/mol. The summed E-state index contributed by atoms with van der Waals surface area (Å²) < 4.78 is 28.7. The highest BCUT2D eigenvalue weighted by molar-refractivity contribution is 7.91. The summed E-state index contributed by atoms with van der Waals surface area (Å²) in [5.74, 6) is 0.918. The zero-order valence-electron chi connectivity index (χ0n) is 12.6. The number of carbonyl (C=O) groups is 1. The zero-order valence-corrected chi connectivity index (χ0v) is 14.1. The molecule has 0 bridgehead atoms. The number of carbonyl (C=O) groups excluding carboxylic acids is 1. The van der Waals surface area contributed by atoms with Gasteiger partial charge >= 0.3 is 6.03 Å². The van der Waals surface area contributed by atoms with Gasteiger partial charge in [0.1, 0.15) is 11.9 Å². The fourth-order valence-electron chi connectivity index (χ4n) is 2.89. The van der Waals surface area contributed by atoms with Crippen LogP contribution in [0.2, 0.25) is 5.02 Å². The summed E-state index contributed by atoms with van der Waals surface area (Å²) in [6.07, 6.45) is 1.18. The Morgan fingerprint density at radius 1 is 1.26 bits per heavy atom. The molecular formula is C15H19ClN2O4S. The fraction of sp³-hybridized carbons (Fsp3) is 0.533. The largest absolute Gasteiger partial charge is 0.489 e. The number of nitrogens with one attached hydrogen (secondary N) is 1. The molecule has 2 fully saturated rings. The van der Waals surface area contributed by atoms with E-state index in [1.807, 2.05) is 0 Å². The molecule has 0 aromatic heterocycles. The molecule has 1 N–H and O–H groups in total. The van der Waals surface area contributed by atoms with Gasteiger partial charge in [-0.05, 0) is 30.7 Å². The molecule has 3 rings (SSSR count). The second kappa shape index (κ2) is 6.57. The van der Waals surface area contributed by atoms with Gasteiger partial charge in [-0.1, -0.05) is 11.6 Å². The molecule has 1 aromatic carbocycles. The Kier molecular flexibility index (Phi) is 4.68. The van der Waals surface area contributed by atoms with Crippen LogP contribution in [0.25, 0.3) is 0 Å². The number of amides is 2. The maximum absolute atomic E-state index is 12.2. The second-order valence-electron chi connectivity index (χ2n) is 5.98. The number of hydrogen-bond acceptors (Lipinski definition) is 4. The Hall–Kier alpha value is -1.47. The molecule has 23 heavy (non-hydrogen) atoms. The Bertz CT molecular complexity index is 677. The maximum Gasteiger partial charge on any atom is 0.317 e. The van der Waals surface area contributed by atoms with Crippen molar-refractivity contribution in [2.75, 3.05) is 24.6 Å². The third kappa shape index (κ3) is 4.29. The molecule has 2 amide bonds. The van der Waals surface area contributed by atoms with E-state index in [1.54, 1.807) is 29.2 Å². The van der Waals surface area contributed by atoms with Gasteiger partial charge in [0.2, 0.25) is 0 Å². The zero-order chi connectivity index (χ0) is 16.4. The van der Waals surface area contributed by atoms with Gasteiger partial charge in [0.05, 0.1) is 18.1 Å². The number of rotatable bonds is 3. The van der Waals surface area contributed by atoms with Crippen molar-refractivity contribution in [3.8, 4) is 5.75 Å². The first-order valence-electron chi connectivity index (χ1n) is 7.59. The van der Waals surface area contributed by atoms with Crippen LogP contribution in [0.1, 0.15) is 12.8 Å². The summed E-state index contributed by atoms with van der Waals surface area (Å²) in [5.41, 5.74) is 0. The van der Waals surface area contributed by atoms with Crippen molar-refractivity contribution in [3.05, 3.63) is 29.3 Å². The van der Waals surface area contributed by atoms with Gasteiger partial charge in [-0.3, -0.25) is 0 Å². The van der Waals surface area contributed by atoms with Gasteiger partial charge in [0, 0.05) is 24.0 Å². The quantitative estimate of drug-likeness (QED) is 0.892. The highest BCUT2D eigenvalue weighted by atomic mass is 35.5. The van der Waals surface area contributed by atoms with Crippen molar-refractivity contribution < 1.29 is 17.9 Å². The third-order valence-electron chi connectivity index (χ3n) is 4.11. The minimum atomic E-state index is -2.99. The Balaban J connectivity index is 1.49. The Morgan fingerprint density at radius 3 is 2.65 bits per heavy atom. The molecule has 2 heterocycles. The third-order valence-corrected chi connectivity index (χ3v) is 6.13. The van der Waals surface area contributed by atoms with Crippen molar-refractivity contribution in [2.24, 2.45) is 0 Å². The lowest BCUT2D eigenvalue weighted by molar-refractivity contribution is 0.185. The lowest BCUT2D eigenvalue weighted by Crippen LogP contribution is -2.44. The molecule has 0 saturated carbocycles. The minimum absolute atomic E-state index is 0.0390. The van der Waals surface area contributed by atoms with Gasteiger partial charge < -0.3 is 15.0 Å². The number of sulfone groups is 1. The summed E-state index contributed by atoms with van der Waals surface area (Å²) in [5, 5.41) is 3.45. The van der Waals surface area contributed by atoms with Crippen LogP contribution in [-0.4, -0.2) is 56.1 Å². The van der Waals surface area contributed by atoms with Crippen LogP contribution in [0.15, 0.2) is 24.3 Å². The van der Waals surface area contributed by atoms with Crippen LogP contribution in [0, 0.1) is 0 Å². The van der Waals surface area contributed by atoms with Crippen molar-refractivity contribution in [3.63, 3.8) is 0 Å². The van der Waals surface area contributed by atoms with E-state index >= 15 is 0 Å². The lowest BCUT2D eigenvalue weighted by atomic mass is 10.3. The molecule has 0 aliphatic carbocycles. The van der Waals surface area contributed by atoms with E-state index in [1.165, 1.54) is 0 Å². The van der Waals surface area contributed by atoms with E-state index in [9.17, 15) is 13.2 Å². The van der Waals surface area contributed by atoms with E-state index < -0.39 is 9.84 Å². The number of hydrogen-bond donors (Lipinski definition) is 1. The van der Waals surface area contributed by atoms with Gasteiger partial charge in [-0.15, -0.1) is 0 Å². The minimum Gasteiger partial charge on any atom is -0.489 e. The summed E-state index contributed by atoms with van der Waals surface area (Å²) >= 11 is 5.83. The Morgan fingerprint density at radius 2 is 2.00 bits per heavy atom. The van der Waals surface area contributed by atoms with E-state index in [-0.39, 0.29) is 29.7 Å². The van der Waals surface area contributed by atoms with E-state index in [4.69, 9.17) is 16.3 Å². The molecule has 0 spiro atoms. The number of halogens is 1. The van der Waals surface area contributed by atoms with E-state index in [2.05, 4.69) is 5.32 Å². The Labute approximate surface area is 140 Å². The summed E-state index contributed by atoms with van der Waals surface area (Å²) in [6.45, 7) is 1.09. The molecule has 2 saturated heterocycles. The first kappa shape index (κ1) is 16.4. The van der Waals surface area contributed by atoms with Crippen LogP contribution < -0.4 is 10.1 Å². The number of urea groups is 1. The average molecular weight is 359 g/mol. The van der Waals surface area contributed by atoms with Gasteiger partial charge in [-0.2, -0.15) is 0 Å². The number of nitrogens with zero attached hydrogens (tertiary/aromatic N) is 1. The fourth-order valence-corrected chi connectivity index (χ4v) is 4.69. The molecule has 2 aliphatic rings. The number of ether oxygens (including phenoxy) is 1. The number of benzene rings is 1. The lowest BCUT2D eigenvalue weighted by Gasteiger charge is -2.20. The summed E-state index contributed by atoms with van der Waals surface area (Å²) in [6, 6.07) is 6.63. The van der Waals surface area contributed by atoms with Crippen molar-refractivity contribution >= 4 is 27.5 Å². The van der Waals surface area contributed by atoms with Crippen LogP contribution in [-0.2, 0) is 9.84 Å². The van der Waals surface area contributed by atoms with Crippen LogP contribution in [0.5, 0.6) is 5.75 Å². The number of likely N-dealkylation sites (tertiary alicyclic amines) is 1. The van der Waals surface area contributed by atoms with E-state index in [0.29, 0.717) is 24.5 Å². The molecule has 6 nitrogen and oxygen atoms in total. The molecule has 2 unspecified atom stereocenters. The normalized spacial score (nSPS) is 26.2. The molecule has 126 valence electrons. The molecular weight excluding hydrogens is 340 g/mol. The van der Waals surface area contributed by atoms with Crippen LogP contribution in [0.3, 0.4) is 0 Å². The van der Waals surface area contributed by atoms with Crippen molar-refractivity contribution in [1.29, 1.82) is 0 Å². The molecule has 8 heteroatoms. The van der Waals surface area contributed by atoms with Gasteiger partial charge in [-0.25, -0.2) is 13.2 Å². The molecule has 2 aliphatic heterocycles. The summed E-state index contributed by atoms with van der Waals surface area (Å²) in [4.78, 5) is 13.9. The highest BCUT2D eigenvalue weighted by Gasteiger charge is 2.32. The highest BCUT2D eigenvalue weighted by Crippen LogP contribution is 2.21. The van der Waals surface area contributed by atoms with Crippen LogP contribution >= 0.6 is 11.6 Å². The van der Waals surface area contributed by atoms with Gasteiger partial charge in [0.15, 0.2) is 9.84 Å². The maximum atomic E-state index is 12.2. The predicted octanol–water partition coefficient (Wildman–Crippen LogP) is 1.69. The molecule has 0 radical (unpaired) electrons. The van der Waals surface area contributed by atoms with Crippen LogP contribution in [0.4, 0.5) is 4.79 Å². The van der Waals surface area contributed by atoms with Crippen molar-refractivity contribution in [2.45, 2.75) is 25.0 Å². The smallest absolute Gasteiger partial charge is 0.317 e.